The summed E-state index contributed by atoms with van der Waals surface area (Å²) in [5.41, 5.74) is 0.364. The third-order valence-electron chi connectivity index (χ3n) is 6.46. The van der Waals surface area contributed by atoms with Crippen LogP contribution < -0.4 is 0 Å². The first kappa shape index (κ1) is 22.2. The van der Waals surface area contributed by atoms with Crippen LogP contribution in [0, 0.1) is 5.92 Å². The molecule has 2 unspecified atom stereocenters. The van der Waals surface area contributed by atoms with Crippen molar-refractivity contribution in [1.82, 2.24) is 0 Å². The Balaban J connectivity index is 2.47. The van der Waals surface area contributed by atoms with Gasteiger partial charge in [0.1, 0.15) is 0 Å². The van der Waals surface area contributed by atoms with E-state index in [-0.39, 0.29) is 5.92 Å². The number of unbranched alkanes of at least 4 members (excludes halogenated alkanes) is 3. The monoisotopic (exact) mass is 470 g/mol. The molecule has 1 aromatic rings. The second-order valence-electron chi connectivity index (χ2n) is 8.54. The average Bonchev–Trinajstić information content (AvgIpc) is 3.31. The predicted molar refractivity (Wildman–Crippen MR) is 113 cm³/mol. The van der Waals surface area contributed by atoms with E-state index in [1.54, 1.807) is 0 Å². The van der Waals surface area contributed by atoms with E-state index in [9.17, 15) is 0 Å². The Kier molecular flexibility index (Phi) is 8.03. The number of rotatable bonds is 12. The van der Waals surface area contributed by atoms with Crippen LogP contribution in [0.2, 0.25) is 13.3 Å². The Bertz CT molecular complexity index is 525. The molecule has 1 nitrogen and oxygen atoms in total. The summed E-state index contributed by atoms with van der Waals surface area (Å²) < 4.78 is 25.3. The molecule has 1 aliphatic heterocycles. The molecule has 1 fully saturated rings. The van der Waals surface area contributed by atoms with Crippen molar-refractivity contribution < 1.29 is 9.13 Å². The molecule has 148 valence electrons. The van der Waals surface area contributed by atoms with E-state index in [2.05, 4.69) is 46.8 Å². The Morgan fingerprint density at radius 3 is 1.73 bits per heavy atom. The van der Waals surface area contributed by atoms with E-state index in [1.807, 2.05) is 18.2 Å². The van der Waals surface area contributed by atoms with E-state index in [1.165, 1.54) is 19.3 Å². The zero-order valence-electron chi connectivity index (χ0n) is 17.6. The van der Waals surface area contributed by atoms with Crippen LogP contribution in [0.15, 0.2) is 30.3 Å². The van der Waals surface area contributed by atoms with Crippen molar-refractivity contribution in [3.63, 3.8) is 0 Å². The van der Waals surface area contributed by atoms with Gasteiger partial charge in [0.15, 0.2) is 0 Å². The Hall–Kier alpha value is -0.0913. The second kappa shape index (κ2) is 9.41. The SMILES string of the molecule is CCC[CH2][Sn]([CH2]CCC)([CH2]CCC)[C]1(F)OC1(c1ccccc1)C(C)C. The van der Waals surface area contributed by atoms with Gasteiger partial charge < -0.3 is 0 Å². The molecule has 2 rings (SSSR count). The minimum absolute atomic E-state index is 0.163. The van der Waals surface area contributed by atoms with Gasteiger partial charge in [0.05, 0.1) is 0 Å². The van der Waals surface area contributed by atoms with Gasteiger partial charge in [-0.25, -0.2) is 0 Å². The molecule has 1 aromatic carbocycles. The Morgan fingerprint density at radius 1 is 0.885 bits per heavy atom. The maximum atomic E-state index is 16.9. The number of hydrogen-bond acceptors (Lipinski definition) is 1. The molecule has 0 aromatic heterocycles. The normalized spacial score (nSPS) is 25.7. The fraction of sp³-hybridized carbons (Fsp3) is 0.739. The van der Waals surface area contributed by atoms with Crippen molar-refractivity contribution in [1.29, 1.82) is 0 Å². The van der Waals surface area contributed by atoms with Crippen LogP contribution in [0.4, 0.5) is 4.39 Å². The van der Waals surface area contributed by atoms with Gasteiger partial charge in [0.2, 0.25) is 0 Å². The van der Waals surface area contributed by atoms with Gasteiger partial charge in [0.25, 0.3) is 0 Å². The van der Waals surface area contributed by atoms with Gasteiger partial charge in [0, 0.05) is 0 Å². The van der Waals surface area contributed by atoms with Crippen LogP contribution in [0.3, 0.4) is 0 Å². The Labute approximate surface area is 165 Å². The zero-order valence-corrected chi connectivity index (χ0v) is 20.5. The first-order chi connectivity index (χ1) is 12.4. The first-order valence-electron chi connectivity index (χ1n) is 10.9. The maximum absolute atomic E-state index is 16.9. The third-order valence-corrected chi connectivity index (χ3v) is 22.9. The molecule has 1 aliphatic rings. The van der Waals surface area contributed by atoms with Crippen LogP contribution in [0.1, 0.15) is 78.7 Å². The molecule has 1 heterocycles. The number of hydrogen-bond donors (Lipinski definition) is 0. The summed E-state index contributed by atoms with van der Waals surface area (Å²) >= 11 is -3.17. The molecule has 0 radical (unpaired) electrons. The van der Waals surface area contributed by atoms with Crippen molar-refractivity contribution in [2.45, 2.75) is 95.9 Å². The van der Waals surface area contributed by atoms with Gasteiger partial charge in [-0.1, -0.05) is 0 Å². The summed E-state index contributed by atoms with van der Waals surface area (Å²) in [4.78, 5) is 0. The quantitative estimate of drug-likeness (QED) is 0.227. The molecule has 0 spiro atoms. The van der Waals surface area contributed by atoms with Crippen LogP contribution in [-0.4, -0.2) is 22.2 Å². The molecule has 1 saturated heterocycles. The average molecular weight is 469 g/mol. The van der Waals surface area contributed by atoms with E-state index in [0.717, 1.165) is 38.1 Å². The summed E-state index contributed by atoms with van der Waals surface area (Å²) in [6, 6.07) is 10.2. The van der Waals surface area contributed by atoms with E-state index in [0.29, 0.717) is 0 Å². The number of alkyl halides is 1. The summed E-state index contributed by atoms with van der Waals surface area (Å²) in [6.45, 7) is 11.0. The van der Waals surface area contributed by atoms with Crippen LogP contribution >= 0.6 is 0 Å². The first-order valence-corrected chi connectivity index (χ1v) is 18.4. The van der Waals surface area contributed by atoms with Crippen molar-refractivity contribution >= 4 is 18.4 Å². The molecule has 2 atom stereocenters. The van der Waals surface area contributed by atoms with Crippen molar-refractivity contribution in [2.24, 2.45) is 5.92 Å². The topological polar surface area (TPSA) is 12.5 Å². The van der Waals surface area contributed by atoms with Gasteiger partial charge in [-0.2, -0.15) is 0 Å². The van der Waals surface area contributed by atoms with Crippen molar-refractivity contribution in [2.75, 3.05) is 0 Å². The molecule has 0 N–H and O–H groups in total. The standard InChI is InChI=1S/C11H12FO.3C4H9.Sn/c1-8(2)11(10(12)13-11)9-6-4-3-5-7-9;3*1-3-4-2;/h3-8H,1-2H3;3*1,3-4H2,2H3;. The van der Waals surface area contributed by atoms with E-state index >= 15 is 4.39 Å². The van der Waals surface area contributed by atoms with E-state index < -0.39 is 27.8 Å². The molecule has 0 bridgehead atoms. The molecule has 0 aliphatic carbocycles. The van der Waals surface area contributed by atoms with Crippen LogP contribution in [-0.2, 0) is 10.3 Å². The molecule has 0 amide bonds. The van der Waals surface area contributed by atoms with Gasteiger partial charge in [-0.15, -0.1) is 0 Å². The summed E-state index contributed by atoms with van der Waals surface area (Å²) in [7, 11) is 0. The molecular weight excluding hydrogens is 430 g/mol. The van der Waals surface area contributed by atoms with Crippen molar-refractivity contribution in [3.05, 3.63) is 35.9 Å². The van der Waals surface area contributed by atoms with Crippen LogP contribution in [0.25, 0.3) is 0 Å². The molecule has 3 heteroatoms. The number of epoxide rings is 1. The Morgan fingerprint density at radius 2 is 1.35 bits per heavy atom. The molecule has 26 heavy (non-hydrogen) atoms. The van der Waals surface area contributed by atoms with Gasteiger partial charge in [-0.05, 0) is 0 Å². The van der Waals surface area contributed by atoms with E-state index in [4.69, 9.17) is 4.74 Å². The summed E-state index contributed by atoms with van der Waals surface area (Å²) in [5, 5.41) is 0. The summed E-state index contributed by atoms with van der Waals surface area (Å²) in [6.07, 6.45) is 6.98. The number of ether oxygens (including phenoxy) is 1. The summed E-state index contributed by atoms with van der Waals surface area (Å²) in [5.74, 6) is 0.163. The molecular formula is C23H39FOSn. The van der Waals surface area contributed by atoms with Crippen molar-refractivity contribution in [3.8, 4) is 0 Å². The number of benzene rings is 1. The fourth-order valence-corrected chi connectivity index (χ4v) is 23.1. The third kappa shape index (κ3) is 3.87. The molecule has 0 saturated carbocycles. The fourth-order valence-electron chi connectivity index (χ4n) is 4.85. The minimum atomic E-state index is -3.17. The number of halogens is 1. The van der Waals surface area contributed by atoms with Gasteiger partial charge in [-0.3, -0.25) is 0 Å². The zero-order chi connectivity index (χ0) is 19.3. The predicted octanol–water partition coefficient (Wildman–Crippen LogP) is 7.62. The van der Waals surface area contributed by atoms with Gasteiger partial charge >= 0.3 is 165 Å². The second-order valence-corrected chi connectivity index (χ2v) is 22.0. The van der Waals surface area contributed by atoms with Crippen LogP contribution in [0.5, 0.6) is 0 Å².